The first-order chi connectivity index (χ1) is 5.61. The van der Waals surface area contributed by atoms with Crippen molar-refractivity contribution in [3.63, 3.8) is 0 Å². The quantitative estimate of drug-likeness (QED) is 0.625. The summed E-state index contributed by atoms with van der Waals surface area (Å²) in [5.74, 6) is 0.280. The van der Waals surface area contributed by atoms with Crippen molar-refractivity contribution < 1.29 is 4.79 Å². The third-order valence-corrected chi connectivity index (χ3v) is 2.27. The summed E-state index contributed by atoms with van der Waals surface area (Å²) in [6.45, 7) is 7.95. The molecule has 1 N–H and O–H groups in total. The van der Waals surface area contributed by atoms with Crippen molar-refractivity contribution in [2.45, 2.75) is 39.3 Å². The smallest absolute Gasteiger partial charge is 0.224 e. The molecule has 1 amide bonds. The normalized spacial score (nSPS) is 26.2. The predicted molar refractivity (Wildman–Crippen MR) is 48.9 cm³/mol. The molecule has 3 nitrogen and oxygen atoms in total. The van der Waals surface area contributed by atoms with E-state index in [0.29, 0.717) is 18.5 Å². The van der Waals surface area contributed by atoms with E-state index in [1.807, 2.05) is 4.90 Å². The van der Waals surface area contributed by atoms with Crippen LogP contribution in [0.15, 0.2) is 0 Å². The van der Waals surface area contributed by atoms with Crippen LogP contribution in [0.1, 0.15) is 27.2 Å². The monoisotopic (exact) mass is 170 g/mol. The number of hydrogen-bond acceptors (Lipinski definition) is 2. The Hall–Kier alpha value is -0.570. The molecule has 0 aromatic heterocycles. The number of hydrogen-bond donors (Lipinski definition) is 1. The lowest BCUT2D eigenvalue weighted by Gasteiger charge is -2.24. The summed E-state index contributed by atoms with van der Waals surface area (Å²) >= 11 is 0. The molecule has 1 rings (SSSR count). The molecule has 0 spiro atoms. The Labute approximate surface area is 74.1 Å². The van der Waals surface area contributed by atoms with Crippen LogP contribution in [0.5, 0.6) is 0 Å². The van der Waals surface area contributed by atoms with Crippen LogP contribution in [-0.2, 0) is 4.79 Å². The second kappa shape index (κ2) is 3.90. The summed E-state index contributed by atoms with van der Waals surface area (Å²) in [6.07, 6.45) is 0.637. The first kappa shape index (κ1) is 9.52. The Morgan fingerprint density at radius 2 is 2.25 bits per heavy atom. The fourth-order valence-corrected chi connectivity index (χ4v) is 1.55. The molecule has 12 heavy (non-hydrogen) atoms. The minimum absolute atomic E-state index is 0.280. The molecule has 70 valence electrons. The fourth-order valence-electron chi connectivity index (χ4n) is 1.55. The maximum absolute atomic E-state index is 11.6. The van der Waals surface area contributed by atoms with E-state index in [1.165, 1.54) is 0 Å². The summed E-state index contributed by atoms with van der Waals surface area (Å²) in [5.41, 5.74) is 0. The molecule has 0 aromatic rings. The van der Waals surface area contributed by atoms with Gasteiger partial charge in [-0.3, -0.25) is 4.79 Å². The van der Waals surface area contributed by atoms with E-state index in [2.05, 4.69) is 26.1 Å². The lowest BCUT2D eigenvalue weighted by atomic mass is 10.2. The molecular formula is C9H18N2O. The molecular weight excluding hydrogens is 152 g/mol. The molecule has 1 aliphatic rings. The molecule has 3 heteroatoms. The average Bonchev–Trinajstić information content (AvgIpc) is 2.10. The summed E-state index contributed by atoms with van der Waals surface area (Å²) in [4.78, 5) is 13.5. The number of rotatable bonds is 1. The van der Waals surface area contributed by atoms with Crippen molar-refractivity contribution in [1.29, 1.82) is 0 Å². The molecule has 0 aliphatic carbocycles. The molecule has 0 radical (unpaired) electrons. The van der Waals surface area contributed by atoms with E-state index < -0.39 is 0 Å². The van der Waals surface area contributed by atoms with Gasteiger partial charge in [0.05, 0.1) is 0 Å². The van der Waals surface area contributed by atoms with Gasteiger partial charge in [-0.1, -0.05) is 0 Å². The van der Waals surface area contributed by atoms with Gasteiger partial charge in [0.15, 0.2) is 0 Å². The van der Waals surface area contributed by atoms with Crippen molar-refractivity contribution >= 4 is 5.91 Å². The summed E-state index contributed by atoms with van der Waals surface area (Å²) in [7, 11) is 0. The summed E-state index contributed by atoms with van der Waals surface area (Å²) < 4.78 is 0. The van der Waals surface area contributed by atoms with E-state index in [9.17, 15) is 4.79 Å². The van der Waals surface area contributed by atoms with Gasteiger partial charge in [-0.2, -0.15) is 0 Å². The largest absolute Gasteiger partial charge is 0.339 e. The number of nitrogens with one attached hydrogen (secondary N) is 1. The highest BCUT2D eigenvalue weighted by Gasteiger charge is 2.21. The second-order valence-electron chi connectivity index (χ2n) is 3.74. The zero-order valence-electron chi connectivity index (χ0n) is 8.13. The number of amides is 1. The molecule has 0 saturated carbocycles. The molecule has 1 atom stereocenters. The minimum atomic E-state index is 0.280. The Kier molecular flexibility index (Phi) is 3.09. The van der Waals surface area contributed by atoms with E-state index in [4.69, 9.17) is 0 Å². The third kappa shape index (κ3) is 2.21. The van der Waals surface area contributed by atoms with Crippen LogP contribution in [0.2, 0.25) is 0 Å². The standard InChI is InChI=1S/C9H18N2O/c1-7(2)11-5-4-10-8(3)6-9(11)12/h7-8,10H,4-6H2,1-3H3. The van der Waals surface area contributed by atoms with Crippen molar-refractivity contribution in [3.8, 4) is 0 Å². The Morgan fingerprint density at radius 3 is 2.83 bits per heavy atom. The van der Waals surface area contributed by atoms with Gasteiger partial charge in [0, 0.05) is 31.6 Å². The highest BCUT2D eigenvalue weighted by molar-refractivity contribution is 5.77. The SMILES string of the molecule is CC1CC(=O)N(C(C)C)CCN1. The fraction of sp³-hybridized carbons (Fsp3) is 0.889. The van der Waals surface area contributed by atoms with Crippen LogP contribution in [0, 0.1) is 0 Å². The van der Waals surface area contributed by atoms with E-state index in [-0.39, 0.29) is 5.91 Å². The first-order valence-electron chi connectivity index (χ1n) is 4.64. The zero-order chi connectivity index (χ0) is 9.14. The summed E-state index contributed by atoms with van der Waals surface area (Å²) in [6, 6.07) is 0.672. The Bertz CT molecular complexity index is 168. The van der Waals surface area contributed by atoms with Gasteiger partial charge in [0.1, 0.15) is 0 Å². The van der Waals surface area contributed by atoms with Gasteiger partial charge in [0.25, 0.3) is 0 Å². The van der Waals surface area contributed by atoms with Crippen LogP contribution in [-0.4, -0.2) is 36.0 Å². The molecule has 1 aliphatic heterocycles. The van der Waals surface area contributed by atoms with Crippen molar-refractivity contribution in [1.82, 2.24) is 10.2 Å². The van der Waals surface area contributed by atoms with Crippen LogP contribution >= 0.6 is 0 Å². The second-order valence-corrected chi connectivity index (χ2v) is 3.74. The van der Waals surface area contributed by atoms with Crippen molar-refractivity contribution in [2.24, 2.45) is 0 Å². The molecule has 1 unspecified atom stereocenters. The van der Waals surface area contributed by atoms with Crippen LogP contribution < -0.4 is 5.32 Å². The third-order valence-electron chi connectivity index (χ3n) is 2.27. The lowest BCUT2D eigenvalue weighted by Crippen LogP contribution is -2.37. The van der Waals surface area contributed by atoms with Crippen LogP contribution in [0.25, 0.3) is 0 Å². The summed E-state index contributed by atoms with van der Waals surface area (Å²) in [5, 5.41) is 3.30. The molecule has 0 bridgehead atoms. The highest BCUT2D eigenvalue weighted by Crippen LogP contribution is 2.06. The number of carbonyl (C=O) groups is 1. The predicted octanol–water partition coefficient (Wildman–Crippen LogP) is 0.605. The first-order valence-corrected chi connectivity index (χ1v) is 4.64. The van der Waals surface area contributed by atoms with Gasteiger partial charge >= 0.3 is 0 Å². The molecule has 1 saturated heterocycles. The maximum atomic E-state index is 11.6. The van der Waals surface area contributed by atoms with Crippen molar-refractivity contribution in [3.05, 3.63) is 0 Å². The molecule has 1 fully saturated rings. The van der Waals surface area contributed by atoms with E-state index in [1.54, 1.807) is 0 Å². The van der Waals surface area contributed by atoms with E-state index in [0.717, 1.165) is 13.1 Å². The number of nitrogens with zero attached hydrogens (tertiary/aromatic N) is 1. The lowest BCUT2D eigenvalue weighted by molar-refractivity contribution is -0.132. The van der Waals surface area contributed by atoms with Crippen LogP contribution in [0.3, 0.4) is 0 Å². The van der Waals surface area contributed by atoms with Gasteiger partial charge in [-0.25, -0.2) is 0 Å². The number of carbonyl (C=O) groups excluding carboxylic acids is 1. The minimum Gasteiger partial charge on any atom is -0.339 e. The molecule has 0 aromatic carbocycles. The van der Waals surface area contributed by atoms with Gasteiger partial charge in [0.2, 0.25) is 5.91 Å². The average molecular weight is 170 g/mol. The Balaban J connectivity index is 2.58. The maximum Gasteiger partial charge on any atom is 0.224 e. The Morgan fingerprint density at radius 1 is 1.58 bits per heavy atom. The highest BCUT2D eigenvalue weighted by atomic mass is 16.2. The van der Waals surface area contributed by atoms with Crippen LogP contribution in [0.4, 0.5) is 0 Å². The van der Waals surface area contributed by atoms with Gasteiger partial charge < -0.3 is 10.2 Å². The van der Waals surface area contributed by atoms with E-state index >= 15 is 0 Å². The topological polar surface area (TPSA) is 32.3 Å². The molecule has 1 heterocycles. The van der Waals surface area contributed by atoms with Crippen molar-refractivity contribution in [2.75, 3.05) is 13.1 Å². The van der Waals surface area contributed by atoms with Gasteiger partial charge in [-0.15, -0.1) is 0 Å². The zero-order valence-corrected chi connectivity index (χ0v) is 8.13. The van der Waals surface area contributed by atoms with Gasteiger partial charge in [-0.05, 0) is 20.8 Å².